The predicted molar refractivity (Wildman–Crippen MR) is 153 cm³/mol. The first kappa shape index (κ1) is 29.1. The molecule has 5 aliphatic carbocycles. The molecule has 10 atom stereocenters. The Hall–Kier alpha value is -1.36. The molecule has 5 aliphatic rings. The third kappa shape index (κ3) is 4.09. The second-order valence-electron chi connectivity index (χ2n) is 15.8. The number of hydrogen-bond acceptors (Lipinski definition) is 5. The van der Waals surface area contributed by atoms with Crippen LogP contribution in [0.1, 0.15) is 113 Å². The molecule has 0 heterocycles. The average molecular weight is 543 g/mol. The van der Waals surface area contributed by atoms with E-state index in [1.165, 1.54) is 39.0 Å². The van der Waals surface area contributed by atoms with E-state index in [0.717, 1.165) is 37.7 Å². The first-order valence-electron chi connectivity index (χ1n) is 15.8. The maximum atomic E-state index is 11.9. The van der Waals surface area contributed by atoms with Crippen molar-refractivity contribution in [1.29, 1.82) is 0 Å². The molecule has 1 N–H and O–H groups in total. The molecular weight excluding hydrogens is 488 g/mol. The molecule has 5 heteroatoms. The van der Waals surface area contributed by atoms with Gasteiger partial charge in [0.25, 0.3) is 0 Å². The Kier molecular flexibility index (Phi) is 7.17. The fraction of sp³-hybridized carbons (Fsp3) is 0.882. The van der Waals surface area contributed by atoms with E-state index in [4.69, 9.17) is 9.47 Å². The Balaban J connectivity index is 1.50. The summed E-state index contributed by atoms with van der Waals surface area (Å²) >= 11 is 0. The van der Waals surface area contributed by atoms with Crippen molar-refractivity contribution in [2.24, 2.45) is 56.7 Å². The Bertz CT molecular complexity index is 1020. The van der Waals surface area contributed by atoms with Crippen molar-refractivity contribution in [1.82, 2.24) is 0 Å². The summed E-state index contributed by atoms with van der Waals surface area (Å²) in [5.41, 5.74) is 1.61. The second-order valence-corrected chi connectivity index (χ2v) is 15.8. The van der Waals surface area contributed by atoms with Crippen molar-refractivity contribution >= 4 is 11.9 Å². The minimum absolute atomic E-state index is 0.00433. The number of hydrogen-bond donors (Lipinski definition) is 1. The van der Waals surface area contributed by atoms with Gasteiger partial charge < -0.3 is 14.6 Å². The van der Waals surface area contributed by atoms with E-state index in [0.29, 0.717) is 36.2 Å². The zero-order valence-electron chi connectivity index (χ0n) is 25.7. The van der Waals surface area contributed by atoms with E-state index in [2.05, 4.69) is 41.2 Å². The quantitative estimate of drug-likeness (QED) is 0.296. The fourth-order valence-electron chi connectivity index (χ4n) is 12.2. The third-order valence-corrected chi connectivity index (χ3v) is 14.1. The van der Waals surface area contributed by atoms with Crippen molar-refractivity contribution < 1.29 is 24.2 Å². The number of aliphatic hydroxyl groups is 1. The molecule has 5 saturated carbocycles. The number of rotatable bonds is 5. The number of aliphatic hydroxyl groups excluding tert-OH is 1. The van der Waals surface area contributed by atoms with Gasteiger partial charge in [0, 0.05) is 24.7 Å². The minimum atomic E-state index is -0.185. The van der Waals surface area contributed by atoms with Crippen LogP contribution >= 0.6 is 0 Å². The van der Waals surface area contributed by atoms with Gasteiger partial charge in [-0.1, -0.05) is 41.2 Å². The SMILES string of the molecule is C=C(CO)[C@@H]1CC[C@]2(COC(C)=O)CC[C@]3(C)[C@H](CC[C@@H]4[C@@]5(C)CC[C@H](OC(C)=O)C(C)(C)[C@@H]5CC[C@]43C)[C@@H]12. The van der Waals surface area contributed by atoms with Crippen LogP contribution in [0.25, 0.3) is 0 Å². The van der Waals surface area contributed by atoms with E-state index in [9.17, 15) is 14.7 Å². The van der Waals surface area contributed by atoms with E-state index in [1.54, 1.807) is 6.92 Å². The van der Waals surface area contributed by atoms with Gasteiger partial charge >= 0.3 is 11.9 Å². The van der Waals surface area contributed by atoms with Crippen LogP contribution in [-0.2, 0) is 19.1 Å². The lowest BCUT2D eigenvalue weighted by Gasteiger charge is -2.73. The smallest absolute Gasteiger partial charge is 0.302 e. The first-order chi connectivity index (χ1) is 18.2. The van der Waals surface area contributed by atoms with Gasteiger partial charge in [-0.05, 0) is 116 Å². The van der Waals surface area contributed by atoms with Gasteiger partial charge in [0.2, 0.25) is 0 Å². The van der Waals surface area contributed by atoms with Gasteiger partial charge in [-0.15, -0.1) is 0 Å². The topological polar surface area (TPSA) is 72.8 Å². The van der Waals surface area contributed by atoms with Crippen molar-refractivity contribution in [3.8, 4) is 0 Å². The summed E-state index contributed by atoms with van der Waals surface area (Å²) in [6.07, 6.45) is 11.3. The maximum absolute atomic E-state index is 11.9. The van der Waals surface area contributed by atoms with Crippen molar-refractivity contribution in [3.63, 3.8) is 0 Å². The molecule has 0 radical (unpaired) electrons. The molecule has 5 rings (SSSR count). The molecule has 0 aromatic heterocycles. The van der Waals surface area contributed by atoms with E-state index in [1.807, 2.05) is 0 Å². The summed E-state index contributed by atoms with van der Waals surface area (Å²) in [5.74, 6) is 2.11. The molecule has 0 saturated heterocycles. The van der Waals surface area contributed by atoms with E-state index < -0.39 is 0 Å². The van der Waals surface area contributed by atoms with Crippen LogP contribution in [0, 0.1) is 56.7 Å². The first-order valence-corrected chi connectivity index (χ1v) is 15.8. The molecule has 5 fully saturated rings. The number of carbonyl (C=O) groups is 2. The number of esters is 2. The molecule has 0 unspecified atom stereocenters. The minimum Gasteiger partial charge on any atom is -0.465 e. The zero-order valence-corrected chi connectivity index (χ0v) is 25.7. The molecule has 0 aromatic carbocycles. The monoisotopic (exact) mass is 542 g/mol. The fourth-order valence-corrected chi connectivity index (χ4v) is 12.2. The van der Waals surface area contributed by atoms with Crippen molar-refractivity contribution in [2.75, 3.05) is 13.2 Å². The molecular formula is C34H54O5. The molecule has 39 heavy (non-hydrogen) atoms. The predicted octanol–water partition coefficient (Wildman–Crippen LogP) is 7.11. The molecule has 220 valence electrons. The lowest BCUT2D eigenvalue weighted by atomic mass is 9.32. The molecule has 0 aliphatic heterocycles. The van der Waals surface area contributed by atoms with Gasteiger partial charge in [-0.25, -0.2) is 0 Å². The number of carbonyl (C=O) groups excluding carboxylic acids is 2. The van der Waals surface area contributed by atoms with Gasteiger partial charge in [0.1, 0.15) is 6.10 Å². The standard InChI is InChI=1S/C34H54O5/c1-21(19-35)24-11-16-34(20-38-22(2)36)18-17-32(7)25(29(24)34)9-10-27-31(6)14-13-28(39-23(3)37)30(4,5)26(31)12-15-33(27,32)8/h24-29,35H,1,9-20H2,2-8H3/t24-,25+,26-,27+,28-,29+,31-,32+,33+,34+/m0/s1. The Morgan fingerprint density at radius 1 is 0.821 bits per heavy atom. The Morgan fingerprint density at radius 3 is 2.18 bits per heavy atom. The Labute approximate surface area is 236 Å². The molecule has 0 amide bonds. The normalized spacial score (nSPS) is 48.1. The largest absolute Gasteiger partial charge is 0.465 e. The lowest BCUT2D eigenvalue weighted by molar-refractivity contribution is -0.252. The summed E-state index contributed by atoms with van der Waals surface area (Å²) < 4.78 is 11.7. The number of fused-ring (bicyclic) bond motifs is 7. The van der Waals surface area contributed by atoms with Crippen LogP contribution in [0.2, 0.25) is 0 Å². The van der Waals surface area contributed by atoms with Crippen LogP contribution < -0.4 is 0 Å². The van der Waals surface area contributed by atoms with Crippen LogP contribution in [0.5, 0.6) is 0 Å². The number of ether oxygens (including phenoxy) is 2. The summed E-state index contributed by atoms with van der Waals surface area (Å²) in [5, 5.41) is 10.2. The molecule has 0 bridgehead atoms. The summed E-state index contributed by atoms with van der Waals surface area (Å²) in [6, 6.07) is 0. The summed E-state index contributed by atoms with van der Waals surface area (Å²) in [4.78, 5) is 23.9. The Morgan fingerprint density at radius 2 is 1.54 bits per heavy atom. The lowest BCUT2D eigenvalue weighted by Crippen LogP contribution is -2.67. The van der Waals surface area contributed by atoms with E-state index >= 15 is 0 Å². The summed E-state index contributed by atoms with van der Waals surface area (Å²) in [6.45, 7) is 20.5. The van der Waals surface area contributed by atoms with Gasteiger partial charge in [0.05, 0.1) is 13.2 Å². The highest BCUT2D eigenvalue weighted by Gasteiger charge is 2.71. The van der Waals surface area contributed by atoms with Crippen LogP contribution in [0.15, 0.2) is 12.2 Å². The average Bonchev–Trinajstić information content (AvgIpc) is 3.24. The molecule has 0 spiro atoms. The zero-order chi connectivity index (χ0) is 28.6. The van der Waals surface area contributed by atoms with Gasteiger partial charge in [-0.2, -0.15) is 0 Å². The van der Waals surface area contributed by atoms with Crippen LogP contribution in [-0.4, -0.2) is 36.4 Å². The highest BCUT2D eigenvalue weighted by Crippen LogP contribution is 2.77. The van der Waals surface area contributed by atoms with E-state index in [-0.39, 0.29) is 51.7 Å². The van der Waals surface area contributed by atoms with Gasteiger partial charge in [-0.3, -0.25) is 9.59 Å². The van der Waals surface area contributed by atoms with Crippen molar-refractivity contribution in [3.05, 3.63) is 12.2 Å². The van der Waals surface area contributed by atoms with Gasteiger partial charge in [0.15, 0.2) is 0 Å². The van der Waals surface area contributed by atoms with Crippen LogP contribution in [0.4, 0.5) is 0 Å². The molecule has 5 nitrogen and oxygen atoms in total. The highest BCUT2D eigenvalue weighted by atomic mass is 16.5. The second kappa shape index (κ2) is 9.60. The maximum Gasteiger partial charge on any atom is 0.302 e. The molecule has 0 aromatic rings. The highest BCUT2D eigenvalue weighted by molar-refractivity contribution is 5.66. The van der Waals surface area contributed by atoms with Crippen molar-refractivity contribution in [2.45, 2.75) is 119 Å². The summed E-state index contributed by atoms with van der Waals surface area (Å²) in [7, 11) is 0. The van der Waals surface area contributed by atoms with Crippen LogP contribution in [0.3, 0.4) is 0 Å². The third-order valence-electron chi connectivity index (χ3n) is 14.1.